The van der Waals surface area contributed by atoms with Crippen molar-refractivity contribution >= 4 is 10.8 Å². The summed E-state index contributed by atoms with van der Waals surface area (Å²) in [7, 11) is 0. The van der Waals surface area contributed by atoms with E-state index in [2.05, 4.69) is 55.7 Å². The van der Waals surface area contributed by atoms with Crippen molar-refractivity contribution in [2.24, 2.45) is 5.84 Å². The lowest BCUT2D eigenvalue weighted by atomic mass is 10.0. The fourth-order valence-electron chi connectivity index (χ4n) is 1.75. The van der Waals surface area contributed by atoms with E-state index in [1.807, 2.05) is 0 Å². The summed E-state index contributed by atoms with van der Waals surface area (Å²) in [5, 5.41) is 2.54. The Morgan fingerprint density at radius 3 is 2.47 bits per heavy atom. The molecule has 0 saturated heterocycles. The molecule has 78 valence electrons. The molecule has 15 heavy (non-hydrogen) atoms. The first-order valence-electron chi connectivity index (χ1n) is 5.17. The predicted molar refractivity (Wildman–Crippen MR) is 64.4 cm³/mol. The minimum Gasteiger partial charge on any atom is -0.271 e. The Kier molecular flexibility index (Phi) is 2.71. The summed E-state index contributed by atoms with van der Waals surface area (Å²) in [6.07, 6.45) is 0. The van der Waals surface area contributed by atoms with Crippen LogP contribution in [0, 0.1) is 6.92 Å². The lowest BCUT2D eigenvalue weighted by molar-refractivity contribution is 0.603. The molecule has 0 aromatic heterocycles. The Bertz CT molecular complexity index is 477. The maximum Gasteiger partial charge on any atom is 0.0432 e. The maximum absolute atomic E-state index is 5.42. The maximum atomic E-state index is 5.42. The molecule has 2 aromatic rings. The number of hydrogen-bond acceptors (Lipinski definition) is 2. The van der Waals surface area contributed by atoms with E-state index in [1.165, 1.54) is 21.9 Å². The molecule has 0 aliphatic heterocycles. The molecule has 1 atom stereocenters. The highest BCUT2D eigenvalue weighted by Gasteiger charge is 2.03. The Labute approximate surface area is 90.1 Å². The van der Waals surface area contributed by atoms with Crippen molar-refractivity contribution in [1.82, 2.24) is 5.43 Å². The molecule has 0 heterocycles. The standard InChI is InChI=1S/C13H16N2/c1-9-3-4-13-8-11(10(2)15-14)5-6-12(13)7-9/h3-8,10,15H,14H2,1-2H3/t10-/m1/s1. The van der Waals surface area contributed by atoms with Gasteiger partial charge < -0.3 is 0 Å². The van der Waals surface area contributed by atoms with Crippen LogP contribution in [-0.2, 0) is 0 Å². The molecule has 3 N–H and O–H groups in total. The Morgan fingerprint density at radius 1 is 1.07 bits per heavy atom. The third kappa shape index (κ3) is 2.01. The Balaban J connectivity index is 2.52. The van der Waals surface area contributed by atoms with Gasteiger partial charge in [-0.1, -0.05) is 35.9 Å². The zero-order valence-corrected chi connectivity index (χ0v) is 9.12. The Morgan fingerprint density at radius 2 is 1.73 bits per heavy atom. The molecular weight excluding hydrogens is 184 g/mol. The molecular formula is C13H16N2. The van der Waals surface area contributed by atoms with Gasteiger partial charge in [0.15, 0.2) is 0 Å². The zero-order chi connectivity index (χ0) is 10.8. The lowest BCUT2D eigenvalue weighted by Crippen LogP contribution is -2.25. The SMILES string of the molecule is Cc1ccc2cc([C@@H](C)NN)ccc2c1. The van der Waals surface area contributed by atoms with Crippen molar-refractivity contribution in [3.05, 3.63) is 47.5 Å². The highest BCUT2D eigenvalue weighted by atomic mass is 15.2. The van der Waals surface area contributed by atoms with Crippen LogP contribution >= 0.6 is 0 Å². The molecule has 0 bridgehead atoms. The molecule has 2 heteroatoms. The minimum absolute atomic E-state index is 0.190. The summed E-state index contributed by atoms with van der Waals surface area (Å²) in [6.45, 7) is 4.16. The summed E-state index contributed by atoms with van der Waals surface area (Å²) in [5.41, 5.74) is 5.27. The van der Waals surface area contributed by atoms with Gasteiger partial charge in [0.05, 0.1) is 0 Å². The molecule has 2 aromatic carbocycles. The van der Waals surface area contributed by atoms with Crippen molar-refractivity contribution in [3.63, 3.8) is 0 Å². The van der Waals surface area contributed by atoms with E-state index in [-0.39, 0.29) is 6.04 Å². The molecule has 0 aliphatic rings. The molecule has 0 unspecified atom stereocenters. The molecule has 0 radical (unpaired) electrons. The van der Waals surface area contributed by atoms with Gasteiger partial charge in [0.25, 0.3) is 0 Å². The van der Waals surface area contributed by atoms with Crippen LogP contribution in [0.25, 0.3) is 10.8 Å². The number of hydrazine groups is 1. The number of rotatable bonds is 2. The molecule has 2 nitrogen and oxygen atoms in total. The highest BCUT2D eigenvalue weighted by Crippen LogP contribution is 2.20. The minimum atomic E-state index is 0.190. The lowest BCUT2D eigenvalue weighted by Gasteiger charge is -2.11. The van der Waals surface area contributed by atoms with E-state index in [0.29, 0.717) is 0 Å². The number of hydrogen-bond donors (Lipinski definition) is 2. The summed E-state index contributed by atoms with van der Waals surface area (Å²) in [4.78, 5) is 0. The van der Waals surface area contributed by atoms with E-state index < -0.39 is 0 Å². The average molecular weight is 200 g/mol. The molecule has 0 saturated carbocycles. The van der Waals surface area contributed by atoms with E-state index >= 15 is 0 Å². The second kappa shape index (κ2) is 4.01. The fraction of sp³-hybridized carbons (Fsp3) is 0.231. The summed E-state index contributed by atoms with van der Waals surface area (Å²) in [5.74, 6) is 5.42. The fourth-order valence-corrected chi connectivity index (χ4v) is 1.75. The van der Waals surface area contributed by atoms with Gasteiger partial charge in [0.1, 0.15) is 0 Å². The molecule has 0 amide bonds. The van der Waals surface area contributed by atoms with Crippen LogP contribution in [0.1, 0.15) is 24.1 Å². The van der Waals surface area contributed by atoms with Gasteiger partial charge in [-0.05, 0) is 36.2 Å². The third-order valence-corrected chi connectivity index (χ3v) is 2.77. The first kappa shape index (κ1) is 10.1. The molecule has 2 rings (SSSR count). The summed E-state index contributed by atoms with van der Waals surface area (Å²) >= 11 is 0. The van der Waals surface area contributed by atoms with Gasteiger partial charge >= 0.3 is 0 Å². The van der Waals surface area contributed by atoms with Crippen LogP contribution in [0.5, 0.6) is 0 Å². The van der Waals surface area contributed by atoms with Crippen molar-refractivity contribution in [2.45, 2.75) is 19.9 Å². The van der Waals surface area contributed by atoms with Crippen molar-refractivity contribution in [1.29, 1.82) is 0 Å². The van der Waals surface area contributed by atoms with Gasteiger partial charge in [-0.15, -0.1) is 0 Å². The van der Waals surface area contributed by atoms with Gasteiger partial charge in [0, 0.05) is 6.04 Å². The normalized spacial score (nSPS) is 13.0. The zero-order valence-electron chi connectivity index (χ0n) is 9.12. The number of fused-ring (bicyclic) bond motifs is 1. The van der Waals surface area contributed by atoms with E-state index in [1.54, 1.807) is 0 Å². The van der Waals surface area contributed by atoms with Gasteiger partial charge in [-0.25, -0.2) is 0 Å². The molecule has 0 spiro atoms. The van der Waals surface area contributed by atoms with E-state index in [4.69, 9.17) is 5.84 Å². The number of aryl methyl sites for hydroxylation is 1. The topological polar surface area (TPSA) is 38.0 Å². The predicted octanol–water partition coefficient (Wildman–Crippen LogP) is 2.67. The summed E-state index contributed by atoms with van der Waals surface area (Å²) < 4.78 is 0. The average Bonchev–Trinajstić information content (AvgIpc) is 2.27. The Hall–Kier alpha value is -1.38. The second-order valence-electron chi connectivity index (χ2n) is 4.00. The van der Waals surface area contributed by atoms with Crippen molar-refractivity contribution in [3.8, 4) is 0 Å². The number of benzene rings is 2. The second-order valence-corrected chi connectivity index (χ2v) is 4.00. The first-order chi connectivity index (χ1) is 7.20. The van der Waals surface area contributed by atoms with Crippen LogP contribution in [0.4, 0.5) is 0 Å². The largest absolute Gasteiger partial charge is 0.271 e. The quantitative estimate of drug-likeness (QED) is 0.577. The van der Waals surface area contributed by atoms with Gasteiger partial charge in [-0.3, -0.25) is 11.3 Å². The number of nitrogens with one attached hydrogen (secondary N) is 1. The van der Waals surface area contributed by atoms with Crippen LogP contribution in [-0.4, -0.2) is 0 Å². The van der Waals surface area contributed by atoms with E-state index in [9.17, 15) is 0 Å². The van der Waals surface area contributed by atoms with Crippen molar-refractivity contribution < 1.29 is 0 Å². The van der Waals surface area contributed by atoms with Gasteiger partial charge in [0.2, 0.25) is 0 Å². The van der Waals surface area contributed by atoms with Crippen LogP contribution in [0.2, 0.25) is 0 Å². The smallest absolute Gasteiger partial charge is 0.0432 e. The van der Waals surface area contributed by atoms with Crippen LogP contribution in [0.15, 0.2) is 36.4 Å². The van der Waals surface area contributed by atoms with Crippen molar-refractivity contribution in [2.75, 3.05) is 0 Å². The van der Waals surface area contributed by atoms with Crippen LogP contribution < -0.4 is 11.3 Å². The molecule has 0 fully saturated rings. The highest BCUT2D eigenvalue weighted by molar-refractivity contribution is 5.83. The summed E-state index contributed by atoms with van der Waals surface area (Å²) in [6, 6.07) is 13.1. The number of nitrogens with two attached hydrogens (primary N) is 1. The third-order valence-electron chi connectivity index (χ3n) is 2.77. The van der Waals surface area contributed by atoms with Gasteiger partial charge in [-0.2, -0.15) is 0 Å². The molecule has 0 aliphatic carbocycles. The first-order valence-corrected chi connectivity index (χ1v) is 5.17. The van der Waals surface area contributed by atoms with Crippen LogP contribution in [0.3, 0.4) is 0 Å². The van der Waals surface area contributed by atoms with E-state index in [0.717, 1.165) is 0 Å². The monoisotopic (exact) mass is 200 g/mol.